The van der Waals surface area contributed by atoms with Crippen molar-refractivity contribution >= 4 is 5.97 Å². The van der Waals surface area contributed by atoms with Crippen molar-refractivity contribution in [3.63, 3.8) is 0 Å². The Morgan fingerprint density at radius 3 is 2.74 bits per heavy atom. The van der Waals surface area contributed by atoms with Crippen molar-refractivity contribution in [2.45, 2.75) is 51.7 Å². The maximum atomic E-state index is 11.2. The van der Waals surface area contributed by atoms with Crippen molar-refractivity contribution in [2.75, 3.05) is 0 Å². The number of aliphatic hydroxyl groups excluding tert-OH is 1. The fourth-order valence-electron chi connectivity index (χ4n) is 3.81. The Bertz CT molecular complexity index is 399. The number of carbonyl (C=O) groups is 1. The van der Waals surface area contributed by atoms with Crippen molar-refractivity contribution in [3.8, 4) is 0 Å². The molecule has 108 valence electrons. The summed E-state index contributed by atoms with van der Waals surface area (Å²) in [4.78, 5) is 11.2. The van der Waals surface area contributed by atoms with Gasteiger partial charge in [-0.05, 0) is 56.4 Å². The summed E-state index contributed by atoms with van der Waals surface area (Å²) >= 11 is 0. The molecule has 0 amide bonds. The smallest absolute Gasteiger partial charge is 0.306 e. The number of carboxylic acid groups (broad SMARTS) is 1. The molecular weight excluding hydrogens is 244 g/mol. The summed E-state index contributed by atoms with van der Waals surface area (Å²) < 4.78 is 0. The van der Waals surface area contributed by atoms with Gasteiger partial charge in [-0.15, -0.1) is 0 Å². The summed E-state index contributed by atoms with van der Waals surface area (Å²) in [6.07, 6.45) is 3.35. The van der Waals surface area contributed by atoms with E-state index in [2.05, 4.69) is 0 Å². The lowest BCUT2D eigenvalue weighted by molar-refractivity contribution is -0.148. The van der Waals surface area contributed by atoms with E-state index >= 15 is 0 Å². The molecule has 2 aliphatic rings. The fraction of sp³-hybridized carbons (Fsp3) is 0.800. The highest BCUT2D eigenvalue weighted by atomic mass is 16.4. The van der Waals surface area contributed by atoms with Gasteiger partial charge in [-0.2, -0.15) is 0 Å². The Hall–Kier alpha value is -0.870. The quantitative estimate of drug-likeness (QED) is 0.667. The van der Waals surface area contributed by atoms with Crippen molar-refractivity contribution in [2.24, 2.45) is 23.7 Å². The van der Waals surface area contributed by atoms with E-state index in [1.807, 2.05) is 19.9 Å². The molecule has 0 spiro atoms. The zero-order valence-electron chi connectivity index (χ0n) is 11.8. The van der Waals surface area contributed by atoms with Crippen LogP contribution in [0.4, 0.5) is 0 Å². The molecule has 0 aromatic rings. The zero-order chi connectivity index (χ0) is 14.4. The average Bonchev–Trinajstić information content (AvgIpc) is 2.31. The van der Waals surface area contributed by atoms with E-state index < -0.39 is 23.6 Å². The third-order valence-electron chi connectivity index (χ3n) is 5.23. The molecular formula is C15H24O4. The minimum atomic E-state index is -0.808. The lowest BCUT2D eigenvalue weighted by Gasteiger charge is -2.50. The number of aliphatic carboxylic acids is 1. The van der Waals surface area contributed by atoms with Crippen LogP contribution in [0.15, 0.2) is 11.6 Å². The lowest BCUT2D eigenvalue weighted by atomic mass is 9.58. The summed E-state index contributed by atoms with van der Waals surface area (Å²) in [5, 5.41) is 29.8. The minimum Gasteiger partial charge on any atom is -0.481 e. The van der Waals surface area contributed by atoms with Gasteiger partial charge in [0, 0.05) is 0 Å². The van der Waals surface area contributed by atoms with Gasteiger partial charge in [0.25, 0.3) is 0 Å². The summed E-state index contributed by atoms with van der Waals surface area (Å²) in [5.41, 5.74) is 0.0962. The van der Waals surface area contributed by atoms with Gasteiger partial charge in [-0.1, -0.05) is 13.0 Å². The molecule has 0 aliphatic heterocycles. The highest BCUT2D eigenvalue weighted by Crippen LogP contribution is 2.49. The van der Waals surface area contributed by atoms with Crippen LogP contribution >= 0.6 is 0 Å². The van der Waals surface area contributed by atoms with E-state index in [9.17, 15) is 20.1 Å². The van der Waals surface area contributed by atoms with Gasteiger partial charge in [-0.25, -0.2) is 0 Å². The molecule has 0 aromatic carbocycles. The number of hydrogen-bond donors (Lipinski definition) is 3. The Morgan fingerprint density at radius 1 is 1.53 bits per heavy atom. The number of rotatable bonds is 2. The molecule has 0 aromatic heterocycles. The van der Waals surface area contributed by atoms with Crippen LogP contribution in [-0.2, 0) is 4.79 Å². The molecule has 0 saturated heterocycles. The van der Waals surface area contributed by atoms with Gasteiger partial charge in [0.1, 0.15) is 0 Å². The Kier molecular flexibility index (Phi) is 3.76. The van der Waals surface area contributed by atoms with Gasteiger partial charge < -0.3 is 15.3 Å². The molecule has 1 fully saturated rings. The van der Waals surface area contributed by atoms with E-state index in [-0.39, 0.29) is 17.8 Å². The van der Waals surface area contributed by atoms with Crippen LogP contribution in [0.1, 0.15) is 40.0 Å². The summed E-state index contributed by atoms with van der Waals surface area (Å²) in [5.74, 6) is -1.14. The first-order valence-electron chi connectivity index (χ1n) is 7.05. The monoisotopic (exact) mass is 268 g/mol. The van der Waals surface area contributed by atoms with E-state index in [1.165, 1.54) is 0 Å². The molecule has 0 bridgehead atoms. The maximum Gasteiger partial charge on any atom is 0.306 e. The first kappa shape index (κ1) is 14.5. The Labute approximate surface area is 114 Å². The molecule has 1 saturated carbocycles. The largest absolute Gasteiger partial charge is 0.481 e. The normalized spacial score (nSPS) is 44.2. The predicted molar refractivity (Wildman–Crippen MR) is 71.5 cm³/mol. The molecule has 2 aliphatic carbocycles. The van der Waals surface area contributed by atoms with E-state index in [4.69, 9.17) is 0 Å². The number of carboxylic acids is 1. The second-order valence-electron chi connectivity index (χ2n) is 6.53. The molecule has 0 unspecified atom stereocenters. The van der Waals surface area contributed by atoms with E-state index in [0.717, 1.165) is 12.0 Å². The second kappa shape index (κ2) is 4.91. The summed E-state index contributed by atoms with van der Waals surface area (Å²) in [6.45, 7) is 5.44. The molecule has 19 heavy (non-hydrogen) atoms. The van der Waals surface area contributed by atoms with Crippen LogP contribution in [0.2, 0.25) is 0 Å². The fourth-order valence-corrected chi connectivity index (χ4v) is 3.81. The van der Waals surface area contributed by atoms with Crippen molar-refractivity contribution in [1.29, 1.82) is 0 Å². The number of allylic oxidation sites excluding steroid dienone is 1. The summed E-state index contributed by atoms with van der Waals surface area (Å²) in [7, 11) is 0. The average molecular weight is 268 g/mol. The maximum absolute atomic E-state index is 11.2. The SMILES string of the molecule is CC1=C[C@@H]2[C@@H]([C@H](C)C(=O)O)CC[C@](C)(O)[C@H]2C[C@H]1O. The van der Waals surface area contributed by atoms with Crippen molar-refractivity contribution in [3.05, 3.63) is 11.6 Å². The minimum absolute atomic E-state index is 0.0465. The Balaban J connectivity index is 2.33. The van der Waals surface area contributed by atoms with Gasteiger partial charge in [0.2, 0.25) is 0 Å². The van der Waals surface area contributed by atoms with Gasteiger partial charge in [0.15, 0.2) is 0 Å². The molecule has 4 heteroatoms. The van der Waals surface area contributed by atoms with Crippen molar-refractivity contribution in [1.82, 2.24) is 0 Å². The van der Waals surface area contributed by atoms with Crippen LogP contribution in [0.25, 0.3) is 0 Å². The zero-order valence-corrected chi connectivity index (χ0v) is 11.8. The van der Waals surface area contributed by atoms with Gasteiger partial charge in [-0.3, -0.25) is 4.79 Å². The molecule has 6 atom stereocenters. The third kappa shape index (κ3) is 2.56. The van der Waals surface area contributed by atoms with Crippen LogP contribution in [0, 0.1) is 23.7 Å². The highest BCUT2D eigenvalue weighted by Gasteiger charge is 2.49. The summed E-state index contributed by atoms with van der Waals surface area (Å²) in [6, 6.07) is 0. The van der Waals surface area contributed by atoms with Gasteiger partial charge >= 0.3 is 5.97 Å². The van der Waals surface area contributed by atoms with E-state index in [0.29, 0.717) is 12.8 Å². The number of fused-ring (bicyclic) bond motifs is 1. The number of hydrogen-bond acceptors (Lipinski definition) is 3. The first-order valence-corrected chi connectivity index (χ1v) is 7.05. The van der Waals surface area contributed by atoms with Crippen LogP contribution in [0.3, 0.4) is 0 Å². The van der Waals surface area contributed by atoms with Crippen LogP contribution < -0.4 is 0 Å². The van der Waals surface area contributed by atoms with Crippen LogP contribution in [-0.4, -0.2) is 33.0 Å². The molecule has 2 rings (SSSR count). The lowest BCUT2D eigenvalue weighted by Crippen LogP contribution is -2.51. The highest BCUT2D eigenvalue weighted by molar-refractivity contribution is 5.70. The first-order chi connectivity index (χ1) is 8.74. The topological polar surface area (TPSA) is 77.8 Å². The number of aliphatic hydroxyl groups is 2. The van der Waals surface area contributed by atoms with Gasteiger partial charge in [0.05, 0.1) is 17.6 Å². The van der Waals surface area contributed by atoms with Crippen LogP contribution in [0.5, 0.6) is 0 Å². The van der Waals surface area contributed by atoms with Crippen molar-refractivity contribution < 1.29 is 20.1 Å². The molecule has 0 heterocycles. The molecule has 0 radical (unpaired) electrons. The molecule has 4 nitrogen and oxygen atoms in total. The standard InChI is InChI=1S/C15H24O4/c1-8-6-11-10(9(2)14(17)18)4-5-15(3,19)12(11)7-13(8)16/h6,9-13,16,19H,4-5,7H2,1-3H3,(H,17,18)/t9-,10+,11+,12-,13+,15-/m0/s1. The third-order valence-corrected chi connectivity index (χ3v) is 5.23. The predicted octanol–water partition coefficient (Wildman–Crippen LogP) is 1.81. The molecule has 3 N–H and O–H groups in total. The second-order valence-corrected chi connectivity index (χ2v) is 6.53. The van der Waals surface area contributed by atoms with E-state index in [1.54, 1.807) is 6.92 Å². The Morgan fingerprint density at radius 2 is 2.16 bits per heavy atom.